The fourth-order valence-electron chi connectivity index (χ4n) is 0.806. The minimum Gasteiger partial charge on any atom is -0.490 e. The van der Waals surface area contributed by atoms with Crippen molar-refractivity contribution in [1.82, 2.24) is 0 Å². The number of alkyl halides is 1. The lowest BCUT2D eigenvalue weighted by molar-refractivity contribution is 0.362. The summed E-state index contributed by atoms with van der Waals surface area (Å²) in [5.41, 5.74) is 0. The molecule has 0 fully saturated rings. The molecule has 13 heavy (non-hydrogen) atoms. The monoisotopic (exact) mass is 260 g/mol. The molecule has 0 amide bonds. The molecular weight excluding hydrogens is 251 g/mol. The molecule has 0 atom stereocenters. The van der Waals surface area contributed by atoms with Crippen molar-refractivity contribution in [3.05, 3.63) is 40.9 Å². The van der Waals surface area contributed by atoms with Gasteiger partial charge in [-0.3, -0.25) is 0 Å². The molecule has 0 unspecified atom stereocenters. The molecule has 70 valence electrons. The molecule has 0 aliphatic rings. The van der Waals surface area contributed by atoms with Gasteiger partial charge in [0.15, 0.2) is 0 Å². The topological polar surface area (TPSA) is 9.23 Å². The summed E-state index contributed by atoms with van der Waals surface area (Å²) >= 11 is 8.81. The molecule has 1 nitrogen and oxygen atoms in total. The first-order valence-corrected chi connectivity index (χ1v) is 5.25. The SMILES string of the molecule is ClCC=CCOc1ccc(Br)cc1. The first-order valence-electron chi connectivity index (χ1n) is 3.92. The maximum atomic E-state index is 5.46. The van der Waals surface area contributed by atoms with Crippen molar-refractivity contribution in [1.29, 1.82) is 0 Å². The lowest BCUT2D eigenvalue weighted by atomic mass is 10.3. The van der Waals surface area contributed by atoms with Crippen LogP contribution in [0.25, 0.3) is 0 Å². The van der Waals surface area contributed by atoms with Gasteiger partial charge in [0.05, 0.1) is 0 Å². The zero-order valence-corrected chi connectivity index (χ0v) is 9.38. The van der Waals surface area contributed by atoms with Crippen molar-refractivity contribution < 1.29 is 4.74 Å². The van der Waals surface area contributed by atoms with Gasteiger partial charge >= 0.3 is 0 Å². The van der Waals surface area contributed by atoms with Crippen LogP contribution in [0.15, 0.2) is 40.9 Å². The quantitative estimate of drug-likeness (QED) is 0.594. The Bertz CT molecular complexity index is 269. The average Bonchev–Trinajstić information content (AvgIpc) is 2.15. The van der Waals surface area contributed by atoms with Gasteiger partial charge < -0.3 is 4.74 Å². The third-order valence-electron chi connectivity index (χ3n) is 1.42. The normalized spacial score (nSPS) is 10.6. The number of allylic oxidation sites excluding steroid dienone is 1. The van der Waals surface area contributed by atoms with Gasteiger partial charge in [-0.15, -0.1) is 11.6 Å². The summed E-state index contributed by atoms with van der Waals surface area (Å²) in [5, 5.41) is 0. The number of halogens is 2. The van der Waals surface area contributed by atoms with Gasteiger partial charge in [-0.2, -0.15) is 0 Å². The van der Waals surface area contributed by atoms with E-state index in [9.17, 15) is 0 Å². The second-order valence-corrected chi connectivity index (χ2v) is 3.61. The van der Waals surface area contributed by atoms with Crippen LogP contribution in [0.5, 0.6) is 5.75 Å². The minimum atomic E-state index is 0.531. The lowest BCUT2D eigenvalue weighted by Gasteiger charge is -2.01. The standard InChI is InChI=1S/C10H10BrClO/c11-9-3-5-10(6-4-9)13-8-2-1-7-12/h1-6H,7-8H2. The summed E-state index contributed by atoms with van der Waals surface area (Å²) in [7, 11) is 0. The van der Waals surface area contributed by atoms with Gasteiger partial charge in [0.25, 0.3) is 0 Å². The summed E-state index contributed by atoms with van der Waals surface area (Å²) in [4.78, 5) is 0. The average molecular weight is 262 g/mol. The minimum absolute atomic E-state index is 0.531. The smallest absolute Gasteiger partial charge is 0.119 e. The highest BCUT2D eigenvalue weighted by Crippen LogP contribution is 2.15. The molecule has 1 aromatic rings. The van der Waals surface area contributed by atoms with Crippen LogP contribution in [-0.2, 0) is 0 Å². The van der Waals surface area contributed by atoms with E-state index in [2.05, 4.69) is 15.9 Å². The molecule has 0 saturated carbocycles. The molecule has 3 heteroatoms. The summed E-state index contributed by atoms with van der Waals surface area (Å²) in [6, 6.07) is 7.72. The number of rotatable bonds is 4. The maximum absolute atomic E-state index is 5.46. The van der Waals surface area contributed by atoms with Crippen molar-refractivity contribution in [2.75, 3.05) is 12.5 Å². The highest BCUT2D eigenvalue weighted by Gasteiger charge is 1.90. The van der Waals surface area contributed by atoms with Gasteiger partial charge in [-0.1, -0.05) is 28.1 Å². The number of hydrogen-bond donors (Lipinski definition) is 0. The maximum Gasteiger partial charge on any atom is 0.119 e. The molecule has 0 bridgehead atoms. The van der Waals surface area contributed by atoms with E-state index in [1.807, 2.05) is 36.4 Å². The van der Waals surface area contributed by atoms with Crippen LogP contribution in [0.3, 0.4) is 0 Å². The Hall–Kier alpha value is -0.470. The Morgan fingerprint density at radius 3 is 2.54 bits per heavy atom. The van der Waals surface area contributed by atoms with Gasteiger partial charge in [-0.25, -0.2) is 0 Å². The third-order valence-corrected chi connectivity index (χ3v) is 2.12. The zero-order valence-electron chi connectivity index (χ0n) is 7.04. The van der Waals surface area contributed by atoms with Crippen LogP contribution in [0.4, 0.5) is 0 Å². The summed E-state index contributed by atoms with van der Waals surface area (Å²) in [6.45, 7) is 0.564. The van der Waals surface area contributed by atoms with E-state index in [4.69, 9.17) is 16.3 Å². The third kappa shape index (κ3) is 4.34. The van der Waals surface area contributed by atoms with Gasteiger partial charge in [0.1, 0.15) is 12.4 Å². The number of ether oxygens (including phenoxy) is 1. The highest BCUT2D eigenvalue weighted by molar-refractivity contribution is 9.10. The number of hydrogen-bond acceptors (Lipinski definition) is 1. The van der Waals surface area contributed by atoms with E-state index in [1.165, 1.54) is 0 Å². The molecule has 1 rings (SSSR count). The van der Waals surface area contributed by atoms with Crippen LogP contribution < -0.4 is 4.74 Å². The predicted molar refractivity (Wildman–Crippen MR) is 59.5 cm³/mol. The molecule has 0 saturated heterocycles. The molecule has 0 aliphatic heterocycles. The van der Waals surface area contributed by atoms with Crippen molar-refractivity contribution >= 4 is 27.5 Å². The van der Waals surface area contributed by atoms with E-state index >= 15 is 0 Å². The van der Waals surface area contributed by atoms with E-state index in [1.54, 1.807) is 0 Å². The summed E-state index contributed by atoms with van der Waals surface area (Å²) in [6.07, 6.45) is 3.76. The van der Waals surface area contributed by atoms with Crippen LogP contribution in [0.1, 0.15) is 0 Å². The Morgan fingerprint density at radius 1 is 1.23 bits per heavy atom. The van der Waals surface area contributed by atoms with Crippen LogP contribution in [-0.4, -0.2) is 12.5 Å². The fraction of sp³-hybridized carbons (Fsp3) is 0.200. The van der Waals surface area contributed by atoms with Crippen molar-refractivity contribution in [3.8, 4) is 5.75 Å². The summed E-state index contributed by atoms with van der Waals surface area (Å²) < 4.78 is 6.45. The van der Waals surface area contributed by atoms with Crippen LogP contribution in [0.2, 0.25) is 0 Å². The van der Waals surface area contributed by atoms with Gasteiger partial charge in [-0.05, 0) is 24.3 Å². The lowest BCUT2D eigenvalue weighted by Crippen LogP contribution is -1.92. The Morgan fingerprint density at radius 2 is 1.92 bits per heavy atom. The first kappa shape index (κ1) is 10.6. The van der Waals surface area contributed by atoms with Crippen LogP contribution >= 0.6 is 27.5 Å². The first-order chi connectivity index (χ1) is 6.33. The van der Waals surface area contributed by atoms with E-state index in [0.29, 0.717) is 12.5 Å². The Kier molecular flexibility index (Phi) is 4.94. The Balaban J connectivity index is 2.37. The molecular formula is C10H10BrClO. The largest absolute Gasteiger partial charge is 0.490 e. The molecule has 0 radical (unpaired) electrons. The van der Waals surface area contributed by atoms with Crippen molar-refractivity contribution in [2.45, 2.75) is 0 Å². The second kappa shape index (κ2) is 6.06. The second-order valence-electron chi connectivity index (χ2n) is 2.39. The van der Waals surface area contributed by atoms with Crippen molar-refractivity contribution in [2.24, 2.45) is 0 Å². The fourth-order valence-corrected chi connectivity index (χ4v) is 1.20. The molecule has 0 N–H and O–H groups in total. The van der Waals surface area contributed by atoms with Crippen LogP contribution in [0, 0.1) is 0 Å². The predicted octanol–water partition coefficient (Wildman–Crippen LogP) is 3.62. The molecule has 0 heterocycles. The molecule has 0 spiro atoms. The highest BCUT2D eigenvalue weighted by atomic mass is 79.9. The van der Waals surface area contributed by atoms with E-state index in [0.717, 1.165) is 10.2 Å². The van der Waals surface area contributed by atoms with Gasteiger partial charge in [0.2, 0.25) is 0 Å². The number of benzene rings is 1. The summed E-state index contributed by atoms with van der Waals surface area (Å²) in [5.74, 6) is 1.39. The van der Waals surface area contributed by atoms with Gasteiger partial charge in [0, 0.05) is 10.4 Å². The molecule has 0 aromatic heterocycles. The van der Waals surface area contributed by atoms with Crippen molar-refractivity contribution in [3.63, 3.8) is 0 Å². The Labute approximate surface area is 91.5 Å². The molecule has 0 aliphatic carbocycles. The van der Waals surface area contributed by atoms with E-state index in [-0.39, 0.29) is 0 Å². The molecule has 1 aromatic carbocycles. The zero-order chi connectivity index (χ0) is 9.52. The van der Waals surface area contributed by atoms with E-state index < -0.39 is 0 Å².